The third-order valence-electron chi connectivity index (χ3n) is 8.89. The van der Waals surface area contributed by atoms with E-state index in [2.05, 4.69) is 143 Å². The number of rotatable bonds is 7. The van der Waals surface area contributed by atoms with Crippen molar-refractivity contribution in [3.63, 3.8) is 0 Å². The topological polar surface area (TPSA) is 12.9 Å². The number of fused-ring (bicyclic) bond motifs is 1. The number of pyridine rings is 1. The van der Waals surface area contributed by atoms with Gasteiger partial charge in [-0.25, -0.2) is 0 Å². The van der Waals surface area contributed by atoms with Crippen molar-refractivity contribution >= 4 is 16.3 Å². The van der Waals surface area contributed by atoms with Crippen LogP contribution >= 0.6 is 0 Å². The summed E-state index contributed by atoms with van der Waals surface area (Å²) in [5.74, 6) is 0.514. The molecule has 1 nitrogen and oxygen atoms in total. The van der Waals surface area contributed by atoms with E-state index < -0.39 is 0 Å². The minimum atomic E-state index is 0.514. The van der Waals surface area contributed by atoms with Gasteiger partial charge in [-0.1, -0.05) is 127 Å². The first kappa shape index (κ1) is 29.3. The van der Waals surface area contributed by atoms with Gasteiger partial charge < -0.3 is 0 Å². The quantitative estimate of drug-likeness (QED) is 0.201. The predicted molar refractivity (Wildman–Crippen MR) is 190 cm³/mol. The van der Waals surface area contributed by atoms with E-state index in [4.69, 9.17) is 4.98 Å². The average molecular weight is 572 g/mol. The Labute approximate surface area is 263 Å². The summed E-state index contributed by atoms with van der Waals surface area (Å²) in [4.78, 5) is 4.70. The maximum Gasteiger partial charge on any atom is 0.0708 e. The Bertz CT molecular complexity index is 1890. The molecule has 218 valence electrons. The molecule has 0 N–H and O–H groups in total. The second kappa shape index (κ2) is 13.3. The number of nitrogens with zero attached hydrogens (tertiary/aromatic N) is 1. The first-order valence-electron chi connectivity index (χ1n) is 15.8. The van der Waals surface area contributed by atoms with Crippen molar-refractivity contribution in [3.05, 3.63) is 168 Å². The molecule has 0 saturated carbocycles. The SMILES string of the molecule is C=C1CCC=C/C1=C(C(/C=C\C)=C(/C)CC1C=CC(C)=CC1)\c1ccc(-c2ccnc(-c3ccccc3)c2)c2ccccc12. The van der Waals surface area contributed by atoms with Crippen molar-refractivity contribution in [2.75, 3.05) is 0 Å². The van der Waals surface area contributed by atoms with Crippen LogP contribution in [0.5, 0.6) is 0 Å². The lowest BCUT2D eigenvalue weighted by Crippen LogP contribution is -2.05. The summed E-state index contributed by atoms with van der Waals surface area (Å²) >= 11 is 0. The van der Waals surface area contributed by atoms with Gasteiger partial charge in [-0.05, 0) is 114 Å². The van der Waals surface area contributed by atoms with Crippen LogP contribution in [0.3, 0.4) is 0 Å². The molecule has 0 saturated heterocycles. The van der Waals surface area contributed by atoms with E-state index in [1.807, 2.05) is 12.3 Å². The summed E-state index contributed by atoms with van der Waals surface area (Å²) in [5.41, 5.74) is 13.6. The summed E-state index contributed by atoms with van der Waals surface area (Å²) < 4.78 is 0. The molecular formula is C43H41N. The van der Waals surface area contributed by atoms with Gasteiger partial charge in [-0.15, -0.1) is 0 Å². The summed E-state index contributed by atoms with van der Waals surface area (Å²) in [6.45, 7) is 11.2. The zero-order valence-electron chi connectivity index (χ0n) is 26.2. The zero-order valence-corrected chi connectivity index (χ0v) is 26.2. The molecule has 0 aliphatic heterocycles. The van der Waals surface area contributed by atoms with Crippen LogP contribution in [-0.4, -0.2) is 4.98 Å². The van der Waals surface area contributed by atoms with E-state index in [1.54, 1.807) is 0 Å². The highest BCUT2D eigenvalue weighted by molar-refractivity contribution is 6.06. The maximum atomic E-state index is 4.70. The fourth-order valence-electron chi connectivity index (χ4n) is 6.57. The summed E-state index contributed by atoms with van der Waals surface area (Å²) in [6.07, 6.45) is 22.2. The molecule has 1 heteroatoms. The number of hydrogen-bond donors (Lipinski definition) is 0. The molecule has 0 amide bonds. The van der Waals surface area contributed by atoms with E-state index >= 15 is 0 Å². The Morgan fingerprint density at radius 3 is 2.48 bits per heavy atom. The van der Waals surface area contributed by atoms with Crippen molar-refractivity contribution in [1.82, 2.24) is 4.98 Å². The van der Waals surface area contributed by atoms with Gasteiger partial charge in [0.25, 0.3) is 0 Å². The van der Waals surface area contributed by atoms with Crippen molar-refractivity contribution < 1.29 is 0 Å². The summed E-state index contributed by atoms with van der Waals surface area (Å²) in [5, 5.41) is 2.50. The number of aromatic nitrogens is 1. The number of benzene rings is 3. The van der Waals surface area contributed by atoms with Gasteiger partial charge >= 0.3 is 0 Å². The first-order chi connectivity index (χ1) is 21.5. The molecule has 0 fully saturated rings. The van der Waals surface area contributed by atoms with E-state index in [-0.39, 0.29) is 0 Å². The predicted octanol–water partition coefficient (Wildman–Crippen LogP) is 12.0. The largest absolute Gasteiger partial charge is 0.256 e. The van der Waals surface area contributed by atoms with E-state index in [0.29, 0.717) is 5.92 Å². The van der Waals surface area contributed by atoms with Crippen molar-refractivity contribution in [2.24, 2.45) is 5.92 Å². The van der Waals surface area contributed by atoms with Crippen LogP contribution in [0.1, 0.15) is 52.0 Å². The van der Waals surface area contributed by atoms with Crippen LogP contribution in [-0.2, 0) is 0 Å². The molecule has 0 radical (unpaired) electrons. The zero-order chi connectivity index (χ0) is 30.5. The van der Waals surface area contributed by atoms with Crippen LogP contribution in [0, 0.1) is 5.92 Å². The Balaban J connectivity index is 1.54. The van der Waals surface area contributed by atoms with Crippen LogP contribution in [0.25, 0.3) is 38.7 Å². The van der Waals surface area contributed by atoms with Gasteiger partial charge in [0.2, 0.25) is 0 Å². The Morgan fingerprint density at radius 2 is 1.73 bits per heavy atom. The second-order valence-corrected chi connectivity index (χ2v) is 12.0. The van der Waals surface area contributed by atoms with E-state index in [0.717, 1.165) is 36.9 Å². The fourth-order valence-corrected chi connectivity index (χ4v) is 6.57. The molecule has 2 aliphatic rings. The maximum absolute atomic E-state index is 4.70. The van der Waals surface area contributed by atoms with Gasteiger partial charge in [0.05, 0.1) is 5.69 Å². The third-order valence-corrected chi connectivity index (χ3v) is 8.89. The lowest BCUT2D eigenvalue weighted by atomic mass is 9.80. The highest BCUT2D eigenvalue weighted by atomic mass is 14.7. The molecular weight excluding hydrogens is 530 g/mol. The fraction of sp³-hybridized carbons (Fsp3) is 0.186. The molecule has 0 bridgehead atoms. The van der Waals surface area contributed by atoms with E-state index in [9.17, 15) is 0 Å². The van der Waals surface area contributed by atoms with Gasteiger partial charge in [-0.2, -0.15) is 0 Å². The average Bonchev–Trinajstić information content (AvgIpc) is 3.06. The van der Waals surface area contributed by atoms with Gasteiger partial charge in [0.1, 0.15) is 0 Å². The summed E-state index contributed by atoms with van der Waals surface area (Å²) in [6, 6.07) is 28.3. The highest BCUT2D eigenvalue weighted by Crippen LogP contribution is 2.42. The van der Waals surface area contributed by atoms with Crippen molar-refractivity contribution in [1.29, 1.82) is 0 Å². The molecule has 3 aromatic carbocycles. The monoisotopic (exact) mass is 571 g/mol. The smallest absolute Gasteiger partial charge is 0.0708 e. The minimum absolute atomic E-state index is 0.514. The molecule has 1 unspecified atom stereocenters. The number of allylic oxidation sites excluding steroid dienone is 13. The second-order valence-electron chi connectivity index (χ2n) is 12.0. The molecule has 1 atom stereocenters. The lowest BCUT2D eigenvalue weighted by Gasteiger charge is -2.24. The normalized spacial score (nSPS) is 18.5. The molecule has 0 spiro atoms. The molecule has 4 aromatic rings. The Kier molecular flexibility index (Phi) is 8.84. The highest BCUT2D eigenvalue weighted by Gasteiger charge is 2.21. The first-order valence-corrected chi connectivity index (χ1v) is 15.8. The molecule has 2 aliphatic carbocycles. The standard InChI is InChI=1S/C43H41N/c1-5-13-36(32(4)28-33-22-20-30(2)21-23-33)43(37-17-10-9-14-31(37)3)41-25-24-38(39-18-11-12-19-40(39)41)35-26-27-44-42(29-35)34-15-7-6-8-16-34/h5-8,10-13,15-22,24-27,29,33H,3,9,14,23,28H2,1-2,4H3/b13-5-,36-32-,43-37+. The van der Waals surface area contributed by atoms with Crippen LogP contribution < -0.4 is 0 Å². The molecule has 1 heterocycles. The Hall–Kier alpha value is -4.75. The van der Waals surface area contributed by atoms with Gasteiger partial charge in [0.15, 0.2) is 0 Å². The summed E-state index contributed by atoms with van der Waals surface area (Å²) in [7, 11) is 0. The molecule has 1 aromatic heterocycles. The van der Waals surface area contributed by atoms with Gasteiger partial charge in [0, 0.05) is 11.8 Å². The van der Waals surface area contributed by atoms with Crippen LogP contribution in [0.15, 0.2) is 162 Å². The lowest BCUT2D eigenvalue weighted by molar-refractivity contribution is 0.643. The van der Waals surface area contributed by atoms with Crippen LogP contribution in [0.2, 0.25) is 0 Å². The van der Waals surface area contributed by atoms with E-state index in [1.165, 1.54) is 60.9 Å². The molecule has 6 rings (SSSR count). The van der Waals surface area contributed by atoms with Crippen molar-refractivity contribution in [2.45, 2.75) is 46.5 Å². The molecule has 44 heavy (non-hydrogen) atoms. The minimum Gasteiger partial charge on any atom is -0.256 e. The Morgan fingerprint density at radius 1 is 0.932 bits per heavy atom. The van der Waals surface area contributed by atoms with Gasteiger partial charge in [-0.3, -0.25) is 4.98 Å². The third kappa shape index (κ3) is 6.15. The van der Waals surface area contributed by atoms with Crippen LogP contribution in [0.4, 0.5) is 0 Å². The number of hydrogen-bond acceptors (Lipinski definition) is 1. The van der Waals surface area contributed by atoms with Crippen molar-refractivity contribution in [3.8, 4) is 22.4 Å².